The standard InChI is InChI=1S/C19H22N2O4S/c1-15-13-17(4-3-16(15)14-22)20-9-11-21(12-10-20)26(23,24)19-7-5-18(25-2)6-8-19/h3-8,13-14H,9-12H2,1-2H3. The highest BCUT2D eigenvalue weighted by atomic mass is 32.2. The van der Waals surface area contributed by atoms with Crippen molar-refractivity contribution in [2.75, 3.05) is 38.2 Å². The zero-order chi connectivity index (χ0) is 18.7. The minimum Gasteiger partial charge on any atom is -0.497 e. The molecule has 2 aromatic carbocycles. The number of carbonyl (C=O) groups is 1. The van der Waals surface area contributed by atoms with Gasteiger partial charge in [-0.05, 0) is 55.0 Å². The lowest BCUT2D eigenvalue weighted by Gasteiger charge is -2.35. The molecule has 0 spiro atoms. The number of anilines is 1. The molecule has 1 heterocycles. The van der Waals surface area contributed by atoms with Crippen LogP contribution in [0.5, 0.6) is 5.75 Å². The van der Waals surface area contributed by atoms with E-state index in [9.17, 15) is 13.2 Å². The van der Waals surface area contributed by atoms with E-state index in [2.05, 4.69) is 4.90 Å². The van der Waals surface area contributed by atoms with Gasteiger partial charge in [0.2, 0.25) is 10.0 Å². The third-order valence-electron chi connectivity index (χ3n) is 4.68. The van der Waals surface area contributed by atoms with Gasteiger partial charge in [-0.3, -0.25) is 4.79 Å². The van der Waals surface area contributed by atoms with Crippen molar-refractivity contribution >= 4 is 22.0 Å². The SMILES string of the molecule is COc1ccc(S(=O)(=O)N2CCN(c3ccc(C=O)c(C)c3)CC2)cc1. The molecule has 2 aromatic rings. The maximum atomic E-state index is 12.8. The molecule has 1 aliphatic rings. The van der Waals surface area contributed by atoms with Gasteiger partial charge in [0, 0.05) is 37.4 Å². The summed E-state index contributed by atoms with van der Waals surface area (Å²) in [5.74, 6) is 0.628. The Hall–Kier alpha value is -2.38. The normalized spacial score (nSPS) is 15.7. The molecular formula is C19H22N2O4S. The van der Waals surface area contributed by atoms with Gasteiger partial charge in [-0.15, -0.1) is 0 Å². The lowest BCUT2D eigenvalue weighted by atomic mass is 10.1. The van der Waals surface area contributed by atoms with E-state index in [0.29, 0.717) is 37.5 Å². The number of hydrogen-bond acceptors (Lipinski definition) is 5. The molecule has 0 bridgehead atoms. The summed E-state index contributed by atoms with van der Waals surface area (Å²) in [7, 11) is -1.96. The molecule has 3 rings (SSSR count). The number of sulfonamides is 1. The number of nitrogens with zero attached hydrogens (tertiary/aromatic N) is 2. The monoisotopic (exact) mass is 374 g/mol. The number of carbonyl (C=O) groups excluding carboxylic acids is 1. The number of methoxy groups -OCH3 is 1. The molecule has 6 nitrogen and oxygen atoms in total. The fourth-order valence-electron chi connectivity index (χ4n) is 3.07. The molecule has 1 saturated heterocycles. The number of benzene rings is 2. The topological polar surface area (TPSA) is 66.9 Å². The first-order valence-corrected chi connectivity index (χ1v) is 9.84. The Bertz CT molecular complexity index is 886. The Morgan fingerprint density at radius 2 is 1.65 bits per heavy atom. The van der Waals surface area contributed by atoms with Crippen LogP contribution in [-0.2, 0) is 10.0 Å². The number of rotatable bonds is 5. The van der Waals surface area contributed by atoms with Crippen LogP contribution in [-0.4, -0.2) is 52.3 Å². The van der Waals surface area contributed by atoms with Crippen molar-refractivity contribution < 1.29 is 17.9 Å². The van der Waals surface area contributed by atoms with E-state index in [1.807, 2.05) is 19.1 Å². The van der Waals surface area contributed by atoms with Gasteiger partial charge in [-0.1, -0.05) is 0 Å². The van der Waals surface area contributed by atoms with Crippen molar-refractivity contribution in [3.8, 4) is 5.75 Å². The molecule has 0 amide bonds. The van der Waals surface area contributed by atoms with E-state index in [0.717, 1.165) is 17.5 Å². The van der Waals surface area contributed by atoms with Crippen molar-refractivity contribution in [1.82, 2.24) is 4.31 Å². The van der Waals surface area contributed by atoms with Crippen molar-refractivity contribution in [2.45, 2.75) is 11.8 Å². The van der Waals surface area contributed by atoms with Gasteiger partial charge < -0.3 is 9.64 Å². The first-order valence-electron chi connectivity index (χ1n) is 8.40. The largest absolute Gasteiger partial charge is 0.497 e. The zero-order valence-corrected chi connectivity index (χ0v) is 15.7. The molecular weight excluding hydrogens is 352 g/mol. The second kappa shape index (κ2) is 7.47. The number of hydrogen-bond donors (Lipinski definition) is 0. The van der Waals surface area contributed by atoms with Crippen molar-refractivity contribution in [3.63, 3.8) is 0 Å². The molecule has 1 aliphatic heterocycles. The quantitative estimate of drug-likeness (QED) is 0.752. The van der Waals surface area contributed by atoms with E-state index < -0.39 is 10.0 Å². The number of piperazine rings is 1. The van der Waals surface area contributed by atoms with Gasteiger partial charge in [0.05, 0.1) is 12.0 Å². The van der Waals surface area contributed by atoms with E-state index in [-0.39, 0.29) is 4.90 Å². The molecule has 0 radical (unpaired) electrons. The molecule has 0 saturated carbocycles. The van der Waals surface area contributed by atoms with Crippen molar-refractivity contribution in [1.29, 1.82) is 0 Å². The Morgan fingerprint density at radius 3 is 2.19 bits per heavy atom. The molecule has 7 heteroatoms. The van der Waals surface area contributed by atoms with Crippen molar-refractivity contribution in [2.24, 2.45) is 0 Å². The average molecular weight is 374 g/mol. The molecule has 1 fully saturated rings. The van der Waals surface area contributed by atoms with Gasteiger partial charge >= 0.3 is 0 Å². The summed E-state index contributed by atoms with van der Waals surface area (Å²) in [6, 6.07) is 12.1. The lowest BCUT2D eigenvalue weighted by Crippen LogP contribution is -2.48. The van der Waals surface area contributed by atoms with E-state index >= 15 is 0 Å². The van der Waals surface area contributed by atoms with E-state index in [4.69, 9.17) is 4.74 Å². The number of aryl methyl sites for hydroxylation is 1. The highest BCUT2D eigenvalue weighted by molar-refractivity contribution is 7.89. The van der Waals surface area contributed by atoms with Gasteiger partial charge in [-0.25, -0.2) is 8.42 Å². The summed E-state index contributed by atoms with van der Waals surface area (Å²) < 4.78 is 32.2. The maximum Gasteiger partial charge on any atom is 0.243 e. The zero-order valence-electron chi connectivity index (χ0n) is 14.9. The maximum absolute atomic E-state index is 12.8. The Balaban J connectivity index is 1.71. The molecule has 138 valence electrons. The summed E-state index contributed by atoms with van der Waals surface area (Å²) in [5, 5.41) is 0. The van der Waals surface area contributed by atoms with Crippen LogP contribution in [0.1, 0.15) is 15.9 Å². The summed E-state index contributed by atoms with van der Waals surface area (Å²) in [6.07, 6.45) is 0.846. The Kier molecular flexibility index (Phi) is 5.29. The lowest BCUT2D eigenvalue weighted by molar-refractivity contribution is 0.112. The summed E-state index contributed by atoms with van der Waals surface area (Å²) in [5.41, 5.74) is 2.61. The minimum atomic E-state index is -3.51. The third-order valence-corrected chi connectivity index (χ3v) is 6.59. The second-order valence-electron chi connectivity index (χ2n) is 6.23. The fraction of sp³-hybridized carbons (Fsp3) is 0.316. The van der Waals surface area contributed by atoms with E-state index in [1.54, 1.807) is 37.4 Å². The van der Waals surface area contributed by atoms with Gasteiger partial charge in [0.15, 0.2) is 0 Å². The van der Waals surface area contributed by atoms with Gasteiger partial charge in [-0.2, -0.15) is 4.31 Å². The molecule has 0 aliphatic carbocycles. The van der Waals surface area contributed by atoms with Gasteiger partial charge in [0.1, 0.15) is 12.0 Å². The first kappa shape index (κ1) is 18.4. The Labute approximate surface area is 154 Å². The van der Waals surface area contributed by atoms with Crippen LogP contribution in [0.15, 0.2) is 47.4 Å². The smallest absolute Gasteiger partial charge is 0.243 e. The first-order chi connectivity index (χ1) is 12.5. The van der Waals surface area contributed by atoms with Crippen LogP contribution in [0.2, 0.25) is 0 Å². The molecule has 0 N–H and O–H groups in total. The summed E-state index contributed by atoms with van der Waals surface area (Å²) in [4.78, 5) is 13.4. The number of ether oxygens (including phenoxy) is 1. The van der Waals surface area contributed by atoms with E-state index in [1.165, 1.54) is 4.31 Å². The molecule has 0 unspecified atom stereocenters. The average Bonchev–Trinajstić information content (AvgIpc) is 2.68. The third kappa shape index (κ3) is 3.59. The highest BCUT2D eigenvalue weighted by Gasteiger charge is 2.28. The van der Waals surface area contributed by atoms with Crippen LogP contribution in [0.3, 0.4) is 0 Å². The van der Waals surface area contributed by atoms with Crippen LogP contribution in [0.4, 0.5) is 5.69 Å². The summed E-state index contributed by atoms with van der Waals surface area (Å²) in [6.45, 7) is 3.95. The summed E-state index contributed by atoms with van der Waals surface area (Å²) >= 11 is 0. The predicted octanol–water partition coefficient (Wildman–Crippen LogP) is 2.33. The van der Waals surface area contributed by atoms with Crippen LogP contribution in [0, 0.1) is 6.92 Å². The Morgan fingerprint density at radius 1 is 1.00 bits per heavy atom. The van der Waals surface area contributed by atoms with Crippen LogP contribution in [0.25, 0.3) is 0 Å². The minimum absolute atomic E-state index is 0.276. The predicted molar refractivity (Wildman–Crippen MR) is 101 cm³/mol. The molecule has 0 aromatic heterocycles. The molecule has 26 heavy (non-hydrogen) atoms. The second-order valence-corrected chi connectivity index (χ2v) is 8.16. The number of aldehydes is 1. The fourth-order valence-corrected chi connectivity index (χ4v) is 4.49. The van der Waals surface area contributed by atoms with Crippen LogP contribution < -0.4 is 9.64 Å². The molecule has 0 atom stereocenters. The van der Waals surface area contributed by atoms with Gasteiger partial charge in [0.25, 0.3) is 0 Å². The highest BCUT2D eigenvalue weighted by Crippen LogP contribution is 2.24. The van der Waals surface area contributed by atoms with Crippen molar-refractivity contribution in [3.05, 3.63) is 53.6 Å². The van der Waals surface area contributed by atoms with Crippen LogP contribution >= 0.6 is 0 Å².